The van der Waals surface area contributed by atoms with Crippen molar-refractivity contribution in [1.82, 2.24) is 4.90 Å². The number of likely N-dealkylation sites (tertiary alicyclic amines) is 1. The van der Waals surface area contributed by atoms with Crippen LogP contribution in [0.15, 0.2) is 30.3 Å². The minimum atomic E-state index is -0.555. The van der Waals surface area contributed by atoms with E-state index in [-0.39, 0.29) is 11.3 Å². The van der Waals surface area contributed by atoms with Gasteiger partial charge in [0.1, 0.15) is 5.38 Å². The van der Waals surface area contributed by atoms with Gasteiger partial charge in [0.25, 0.3) is 0 Å². The van der Waals surface area contributed by atoms with Crippen LogP contribution in [0.1, 0.15) is 37.6 Å². The molecular weight excluding hydrogens is 246 g/mol. The fourth-order valence-electron chi connectivity index (χ4n) is 2.54. The summed E-state index contributed by atoms with van der Waals surface area (Å²) in [6.45, 7) is 6.05. The van der Waals surface area contributed by atoms with Gasteiger partial charge in [-0.15, -0.1) is 11.6 Å². The second-order valence-corrected chi connectivity index (χ2v) is 6.24. The number of rotatable bonds is 2. The molecule has 1 heterocycles. The zero-order valence-corrected chi connectivity index (χ0v) is 11.8. The van der Waals surface area contributed by atoms with Gasteiger partial charge in [-0.25, -0.2) is 0 Å². The van der Waals surface area contributed by atoms with Crippen LogP contribution < -0.4 is 0 Å². The number of carbonyl (C=O) groups is 1. The van der Waals surface area contributed by atoms with Crippen molar-refractivity contribution >= 4 is 17.5 Å². The van der Waals surface area contributed by atoms with Crippen molar-refractivity contribution in [2.24, 2.45) is 5.41 Å². The van der Waals surface area contributed by atoms with Gasteiger partial charge in [-0.2, -0.15) is 0 Å². The first-order valence-corrected chi connectivity index (χ1v) is 6.91. The lowest BCUT2D eigenvalue weighted by Gasteiger charge is -2.38. The van der Waals surface area contributed by atoms with Crippen LogP contribution in [0.4, 0.5) is 0 Å². The Morgan fingerprint density at radius 2 is 2.00 bits per heavy atom. The summed E-state index contributed by atoms with van der Waals surface area (Å²) in [5.41, 5.74) is 1.09. The molecule has 1 fully saturated rings. The van der Waals surface area contributed by atoms with E-state index in [9.17, 15) is 4.79 Å². The molecule has 0 bridgehead atoms. The molecule has 2 rings (SSSR count). The number of hydrogen-bond acceptors (Lipinski definition) is 1. The third-order valence-electron chi connectivity index (χ3n) is 3.52. The minimum Gasteiger partial charge on any atom is -0.341 e. The Bertz CT molecular complexity index is 416. The van der Waals surface area contributed by atoms with Gasteiger partial charge in [0, 0.05) is 13.1 Å². The van der Waals surface area contributed by atoms with Gasteiger partial charge >= 0.3 is 0 Å². The van der Waals surface area contributed by atoms with Crippen molar-refractivity contribution in [3.8, 4) is 0 Å². The summed E-state index contributed by atoms with van der Waals surface area (Å²) in [6, 6.07) is 9.58. The molecule has 98 valence electrons. The van der Waals surface area contributed by atoms with E-state index in [0.29, 0.717) is 0 Å². The Hall–Kier alpha value is -1.02. The van der Waals surface area contributed by atoms with E-state index in [4.69, 9.17) is 11.6 Å². The molecule has 1 atom stereocenters. The predicted octanol–water partition coefficient (Wildman–Crippen LogP) is 3.62. The number of alkyl halides is 1. The average Bonchev–Trinajstić information content (AvgIpc) is 2.37. The first kappa shape index (κ1) is 13.4. The van der Waals surface area contributed by atoms with Gasteiger partial charge in [-0.1, -0.05) is 44.2 Å². The summed E-state index contributed by atoms with van der Waals surface area (Å²) in [7, 11) is 0. The molecule has 0 saturated carbocycles. The highest BCUT2D eigenvalue weighted by Crippen LogP contribution is 2.31. The van der Waals surface area contributed by atoms with Gasteiger partial charge in [-0.3, -0.25) is 4.79 Å². The van der Waals surface area contributed by atoms with Crippen molar-refractivity contribution in [3.05, 3.63) is 35.9 Å². The number of piperidine rings is 1. The molecule has 1 aliphatic heterocycles. The fourth-order valence-corrected chi connectivity index (χ4v) is 2.82. The third-order valence-corrected chi connectivity index (χ3v) is 3.96. The lowest BCUT2D eigenvalue weighted by molar-refractivity contribution is -0.133. The van der Waals surface area contributed by atoms with E-state index in [1.165, 1.54) is 6.42 Å². The molecule has 2 nitrogen and oxygen atoms in total. The number of carbonyl (C=O) groups excluding carboxylic acids is 1. The van der Waals surface area contributed by atoms with Gasteiger partial charge in [0.2, 0.25) is 5.91 Å². The summed E-state index contributed by atoms with van der Waals surface area (Å²) >= 11 is 6.29. The zero-order valence-electron chi connectivity index (χ0n) is 11.0. The van der Waals surface area contributed by atoms with Crippen LogP contribution in [0.5, 0.6) is 0 Å². The molecule has 0 N–H and O–H groups in total. The maximum absolute atomic E-state index is 12.4. The first-order chi connectivity index (χ1) is 8.49. The average molecular weight is 266 g/mol. The maximum Gasteiger partial charge on any atom is 0.245 e. The van der Waals surface area contributed by atoms with Crippen LogP contribution >= 0.6 is 11.6 Å². The Morgan fingerprint density at radius 1 is 1.33 bits per heavy atom. The van der Waals surface area contributed by atoms with Crippen LogP contribution in [0.25, 0.3) is 0 Å². The second-order valence-electron chi connectivity index (χ2n) is 5.80. The molecule has 0 spiro atoms. The Labute approximate surface area is 114 Å². The van der Waals surface area contributed by atoms with Gasteiger partial charge in [0.15, 0.2) is 0 Å². The summed E-state index contributed by atoms with van der Waals surface area (Å²) in [6.07, 6.45) is 2.24. The van der Waals surface area contributed by atoms with Crippen molar-refractivity contribution in [2.75, 3.05) is 13.1 Å². The Morgan fingerprint density at radius 3 is 2.61 bits per heavy atom. The molecule has 1 aliphatic rings. The van der Waals surface area contributed by atoms with E-state index < -0.39 is 5.38 Å². The second kappa shape index (κ2) is 5.31. The molecule has 1 aromatic rings. The van der Waals surface area contributed by atoms with E-state index >= 15 is 0 Å². The summed E-state index contributed by atoms with van der Waals surface area (Å²) in [5.74, 6) is 0.0376. The van der Waals surface area contributed by atoms with Crippen molar-refractivity contribution < 1.29 is 4.79 Å². The summed E-state index contributed by atoms with van der Waals surface area (Å²) in [5, 5.41) is -0.555. The molecule has 1 unspecified atom stereocenters. The normalized spacial score (nSPS) is 20.5. The standard InChI is InChI=1S/C15H20ClNO/c1-15(2)9-6-10-17(11-15)14(18)13(16)12-7-4-3-5-8-12/h3-5,7-8,13H,6,9-11H2,1-2H3. The molecule has 0 aliphatic carbocycles. The van der Waals surface area contributed by atoms with Crippen LogP contribution in [-0.4, -0.2) is 23.9 Å². The lowest BCUT2D eigenvalue weighted by Crippen LogP contribution is -2.44. The highest BCUT2D eigenvalue weighted by Gasteiger charge is 2.32. The maximum atomic E-state index is 12.4. The molecule has 0 aromatic heterocycles. The largest absolute Gasteiger partial charge is 0.341 e. The molecule has 1 aromatic carbocycles. The highest BCUT2D eigenvalue weighted by atomic mass is 35.5. The fraction of sp³-hybridized carbons (Fsp3) is 0.533. The molecule has 1 saturated heterocycles. The SMILES string of the molecule is CC1(C)CCCN(C(=O)C(Cl)c2ccccc2)C1. The topological polar surface area (TPSA) is 20.3 Å². The lowest BCUT2D eigenvalue weighted by atomic mass is 9.84. The monoisotopic (exact) mass is 265 g/mol. The van der Waals surface area contributed by atoms with Crippen molar-refractivity contribution in [3.63, 3.8) is 0 Å². The van der Waals surface area contributed by atoms with E-state index in [2.05, 4.69) is 13.8 Å². The summed E-state index contributed by atoms with van der Waals surface area (Å²) in [4.78, 5) is 14.3. The van der Waals surface area contributed by atoms with Gasteiger partial charge in [0.05, 0.1) is 0 Å². The number of halogens is 1. The van der Waals surface area contributed by atoms with E-state index in [0.717, 1.165) is 25.1 Å². The highest BCUT2D eigenvalue weighted by molar-refractivity contribution is 6.30. The van der Waals surface area contributed by atoms with Crippen LogP contribution in [0.2, 0.25) is 0 Å². The predicted molar refractivity (Wildman–Crippen MR) is 74.6 cm³/mol. The van der Waals surface area contributed by atoms with E-state index in [1.54, 1.807) is 0 Å². The quantitative estimate of drug-likeness (QED) is 0.748. The minimum absolute atomic E-state index is 0.0376. The molecule has 1 amide bonds. The molecule has 0 radical (unpaired) electrons. The van der Waals surface area contributed by atoms with Crippen molar-refractivity contribution in [1.29, 1.82) is 0 Å². The zero-order chi connectivity index (χ0) is 13.2. The number of benzene rings is 1. The van der Waals surface area contributed by atoms with Crippen LogP contribution in [0, 0.1) is 5.41 Å². The Kier molecular flexibility index (Phi) is 3.96. The van der Waals surface area contributed by atoms with E-state index in [1.807, 2.05) is 35.2 Å². The van der Waals surface area contributed by atoms with Gasteiger partial charge in [-0.05, 0) is 23.8 Å². The summed E-state index contributed by atoms with van der Waals surface area (Å²) < 4.78 is 0. The number of amides is 1. The number of nitrogens with zero attached hydrogens (tertiary/aromatic N) is 1. The van der Waals surface area contributed by atoms with Crippen molar-refractivity contribution in [2.45, 2.75) is 32.1 Å². The van der Waals surface area contributed by atoms with Crippen LogP contribution in [0.3, 0.4) is 0 Å². The smallest absolute Gasteiger partial charge is 0.245 e. The number of hydrogen-bond donors (Lipinski definition) is 0. The van der Waals surface area contributed by atoms with Gasteiger partial charge < -0.3 is 4.90 Å². The molecular formula is C15H20ClNO. The van der Waals surface area contributed by atoms with Crippen LogP contribution in [-0.2, 0) is 4.79 Å². The molecule has 3 heteroatoms. The Balaban J connectivity index is 2.07. The molecule has 18 heavy (non-hydrogen) atoms. The first-order valence-electron chi connectivity index (χ1n) is 6.47. The third kappa shape index (κ3) is 3.05.